The maximum absolute atomic E-state index is 13.0. The Labute approximate surface area is 190 Å². The maximum Gasteiger partial charge on any atom is 0.243 e. The van der Waals surface area contributed by atoms with Crippen LogP contribution in [0.15, 0.2) is 57.3 Å². The molecule has 160 valence electrons. The third-order valence-electron chi connectivity index (χ3n) is 4.23. The molecule has 4 rings (SSSR count). The number of halogens is 1. The molecule has 0 radical (unpaired) electrons. The van der Waals surface area contributed by atoms with Crippen LogP contribution in [0, 0.1) is 0 Å². The number of hydrogen-bond donors (Lipinski definition) is 2. The summed E-state index contributed by atoms with van der Waals surface area (Å²) in [5, 5.41) is 14.1. The van der Waals surface area contributed by atoms with Crippen LogP contribution >= 0.6 is 35.1 Å². The van der Waals surface area contributed by atoms with Crippen molar-refractivity contribution in [1.82, 2.24) is 10.2 Å². The van der Waals surface area contributed by atoms with Gasteiger partial charge in [0.1, 0.15) is 11.0 Å². The Balaban J connectivity index is 1.48. The van der Waals surface area contributed by atoms with Gasteiger partial charge in [-0.3, -0.25) is 19.3 Å². The molecule has 2 aliphatic heterocycles. The number of furan rings is 1. The van der Waals surface area contributed by atoms with Crippen LogP contribution in [0.4, 0.5) is 5.69 Å². The van der Waals surface area contributed by atoms with Crippen LogP contribution in [0.2, 0.25) is 5.02 Å². The van der Waals surface area contributed by atoms with E-state index in [1.807, 2.05) is 0 Å². The Morgan fingerprint density at radius 3 is 2.74 bits per heavy atom. The summed E-state index contributed by atoms with van der Waals surface area (Å²) in [5.74, 6) is 0.124. The summed E-state index contributed by atoms with van der Waals surface area (Å²) < 4.78 is 5.34. The molecule has 1 unspecified atom stereocenters. The fourth-order valence-corrected chi connectivity index (χ4v) is 4.64. The van der Waals surface area contributed by atoms with Gasteiger partial charge in [0.2, 0.25) is 17.7 Å². The van der Waals surface area contributed by atoms with E-state index in [9.17, 15) is 14.4 Å². The normalized spacial score (nSPS) is 21.2. The van der Waals surface area contributed by atoms with Crippen LogP contribution in [0.1, 0.15) is 12.2 Å². The van der Waals surface area contributed by atoms with Gasteiger partial charge in [0.15, 0.2) is 10.3 Å². The van der Waals surface area contributed by atoms with Crippen molar-refractivity contribution in [3.63, 3.8) is 0 Å². The van der Waals surface area contributed by atoms with Crippen LogP contribution in [0.25, 0.3) is 0 Å². The van der Waals surface area contributed by atoms with Crippen LogP contribution in [-0.2, 0) is 20.9 Å². The van der Waals surface area contributed by atoms with Crippen molar-refractivity contribution in [1.29, 1.82) is 0 Å². The van der Waals surface area contributed by atoms with Gasteiger partial charge >= 0.3 is 0 Å². The molecule has 3 amide bonds. The summed E-state index contributed by atoms with van der Waals surface area (Å²) in [4.78, 5) is 38.2. The lowest BCUT2D eigenvalue weighted by Crippen LogP contribution is -2.33. The van der Waals surface area contributed by atoms with E-state index in [4.69, 9.17) is 16.0 Å². The predicted octanol–water partition coefficient (Wildman–Crippen LogP) is 2.90. The zero-order valence-corrected chi connectivity index (χ0v) is 18.3. The average molecular weight is 478 g/mol. The molecule has 2 fully saturated rings. The minimum absolute atomic E-state index is 0.0398. The Morgan fingerprint density at radius 2 is 2.06 bits per heavy atom. The number of nitrogens with one attached hydrogen (secondary N) is 2. The molecule has 2 aliphatic rings. The predicted molar refractivity (Wildman–Crippen MR) is 121 cm³/mol. The van der Waals surface area contributed by atoms with Crippen molar-refractivity contribution in [2.24, 2.45) is 10.2 Å². The quantitative estimate of drug-likeness (QED) is 0.618. The van der Waals surface area contributed by atoms with E-state index in [0.717, 1.165) is 11.8 Å². The van der Waals surface area contributed by atoms with Crippen molar-refractivity contribution < 1.29 is 18.8 Å². The second-order valence-electron chi connectivity index (χ2n) is 6.49. The molecule has 1 atom stereocenters. The Bertz CT molecular complexity index is 1060. The van der Waals surface area contributed by atoms with Gasteiger partial charge in [-0.25, -0.2) is 0 Å². The molecule has 0 aliphatic carbocycles. The first-order chi connectivity index (χ1) is 15.0. The van der Waals surface area contributed by atoms with Crippen molar-refractivity contribution in [2.75, 3.05) is 11.1 Å². The highest BCUT2D eigenvalue weighted by atomic mass is 35.5. The molecule has 1 aromatic heterocycles. The summed E-state index contributed by atoms with van der Waals surface area (Å²) in [6.45, 7) is 0.164. The lowest BCUT2D eigenvalue weighted by molar-refractivity contribution is -0.128. The number of thioether (sulfide) groups is 2. The van der Waals surface area contributed by atoms with Crippen LogP contribution in [0.5, 0.6) is 0 Å². The third-order valence-corrected chi connectivity index (χ3v) is 6.51. The average Bonchev–Trinajstić information content (AvgIpc) is 3.46. The highest BCUT2D eigenvalue weighted by molar-refractivity contribution is 8.15. The van der Waals surface area contributed by atoms with Crippen molar-refractivity contribution >= 4 is 68.9 Å². The number of anilines is 1. The van der Waals surface area contributed by atoms with E-state index < -0.39 is 5.25 Å². The fraction of sp³-hybridized carbons (Fsp3) is 0.211. The summed E-state index contributed by atoms with van der Waals surface area (Å²) in [5.41, 5.74) is 0.589. The summed E-state index contributed by atoms with van der Waals surface area (Å²) >= 11 is 8.24. The minimum Gasteiger partial charge on any atom is -0.467 e. The molecular formula is C19H16ClN5O4S2. The van der Waals surface area contributed by atoms with Gasteiger partial charge in [-0.2, -0.15) is 0 Å². The number of nitrogens with zero attached hydrogens (tertiary/aromatic N) is 3. The molecule has 0 saturated carbocycles. The van der Waals surface area contributed by atoms with Crippen molar-refractivity contribution in [3.05, 3.63) is 53.4 Å². The van der Waals surface area contributed by atoms with E-state index in [2.05, 4.69) is 20.8 Å². The first kappa shape index (κ1) is 21.5. The largest absolute Gasteiger partial charge is 0.467 e. The van der Waals surface area contributed by atoms with Crippen LogP contribution < -0.4 is 10.6 Å². The van der Waals surface area contributed by atoms with Crippen molar-refractivity contribution in [2.45, 2.75) is 18.2 Å². The smallest absolute Gasteiger partial charge is 0.243 e. The molecule has 12 heteroatoms. The number of benzene rings is 1. The van der Waals surface area contributed by atoms with Gasteiger partial charge in [0, 0.05) is 17.1 Å². The van der Waals surface area contributed by atoms with E-state index in [1.54, 1.807) is 36.4 Å². The summed E-state index contributed by atoms with van der Waals surface area (Å²) in [7, 11) is 0. The Morgan fingerprint density at radius 1 is 1.26 bits per heavy atom. The molecular weight excluding hydrogens is 462 g/mol. The lowest BCUT2D eigenvalue weighted by atomic mass is 10.2. The van der Waals surface area contributed by atoms with Gasteiger partial charge in [-0.1, -0.05) is 35.1 Å². The van der Waals surface area contributed by atoms with Crippen LogP contribution in [-0.4, -0.2) is 44.0 Å². The number of rotatable bonds is 6. The second kappa shape index (κ2) is 9.58. The number of carbonyl (C=O) groups excluding carboxylic acids is 3. The monoisotopic (exact) mass is 477 g/mol. The van der Waals surface area contributed by atoms with E-state index in [-0.39, 0.29) is 36.4 Å². The summed E-state index contributed by atoms with van der Waals surface area (Å²) in [6.07, 6.45) is 1.48. The maximum atomic E-state index is 13.0. The van der Waals surface area contributed by atoms with E-state index in [0.29, 0.717) is 26.8 Å². The molecule has 0 bridgehead atoms. The zero-order chi connectivity index (χ0) is 21.8. The van der Waals surface area contributed by atoms with Crippen molar-refractivity contribution in [3.8, 4) is 0 Å². The molecule has 1 aromatic carbocycles. The molecule has 2 aromatic rings. The minimum atomic E-state index is -0.660. The van der Waals surface area contributed by atoms with Gasteiger partial charge in [0.25, 0.3) is 0 Å². The number of hydrogen-bond acceptors (Lipinski definition) is 8. The summed E-state index contributed by atoms with van der Waals surface area (Å²) in [6, 6.07) is 10.2. The second-order valence-corrected chi connectivity index (χ2v) is 9.06. The third kappa shape index (κ3) is 5.49. The van der Waals surface area contributed by atoms with E-state index >= 15 is 0 Å². The first-order valence-corrected chi connectivity index (χ1v) is 11.4. The number of carbonyl (C=O) groups is 3. The van der Waals surface area contributed by atoms with Gasteiger partial charge in [-0.15, -0.1) is 10.2 Å². The number of amidine groups is 2. The first-order valence-electron chi connectivity index (χ1n) is 9.12. The molecule has 9 nitrogen and oxygen atoms in total. The van der Waals surface area contributed by atoms with Gasteiger partial charge in [0.05, 0.1) is 18.6 Å². The standard InChI is InChI=1S/C19H16ClN5O4S2/c20-11-3-5-12(6-4-11)21-15(26)8-14-17(28)25(9-13-2-1-7-29-13)19(31-14)24-23-18-22-16(27)10-30-18/h1-7,14H,8-10H2,(H,21,26)(H,22,23,27)/b24-19-. The lowest BCUT2D eigenvalue weighted by Gasteiger charge is -2.14. The zero-order valence-electron chi connectivity index (χ0n) is 15.9. The fourth-order valence-electron chi connectivity index (χ4n) is 2.80. The van der Waals surface area contributed by atoms with Crippen LogP contribution in [0.3, 0.4) is 0 Å². The molecule has 3 heterocycles. The van der Waals surface area contributed by atoms with Gasteiger partial charge in [-0.05, 0) is 36.4 Å². The highest BCUT2D eigenvalue weighted by Crippen LogP contribution is 2.31. The topological polar surface area (TPSA) is 116 Å². The number of amides is 3. The highest BCUT2D eigenvalue weighted by Gasteiger charge is 2.40. The van der Waals surface area contributed by atoms with Gasteiger partial charge < -0.3 is 15.1 Å². The molecule has 31 heavy (non-hydrogen) atoms. The Kier molecular flexibility index (Phi) is 6.64. The molecule has 2 saturated heterocycles. The SMILES string of the molecule is O=C1CS/C(=N/N=C2\SC(CC(=O)Nc3ccc(Cl)cc3)C(=O)N2Cc2ccco2)N1. The Hall–Kier alpha value is -2.76. The van der Waals surface area contributed by atoms with E-state index in [1.165, 1.54) is 22.9 Å². The molecule has 2 N–H and O–H groups in total. The molecule has 0 spiro atoms.